The van der Waals surface area contributed by atoms with Crippen LogP contribution in [0.4, 0.5) is 4.79 Å². The molecule has 3 aromatic carbocycles. The fourth-order valence-electron chi connectivity index (χ4n) is 3.58. The molecule has 0 bridgehead atoms. The summed E-state index contributed by atoms with van der Waals surface area (Å²) in [6, 6.07) is 26.4. The molecule has 4 heteroatoms. The first kappa shape index (κ1) is 17.7. The van der Waals surface area contributed by atoms with E-state index in [4.69, 9.17) is 8.92 Å². The van der Waals surface area contributed by atoms with E-state index in [1.807, 2.05) is 67.1 Å². The van der Waals surface area contributed by atoms with Crippen LogP contribution in [0.2, 0.25) is 0 Å². The van der Waals surface area contributed by atoms with Crippen molar-refractivity contribution in [2.24, 2.45) is 0 Å². The first-order valence-electron chi connectivity index (χ1n) is 8.89. The zero-order valence-electron chi connectivity index (χ0n) is 15.4. The van der Waals surface area contributed by atoms with Crippen molar-refractivity contribution in [1.29, 1.82) is 0 Å². The van der Waals surface area contributed by atoms with Crippen LogP contribution in [0.3, 0.4) is 0 Å². The fourth-order valence-corrected chi connectivity index (χ4v) is 4.88. The average molecular weight is 378 g/mol. The van der Waals surface area contributed by atoms with Gasteiger partial charge in [0.05, 0.1) is 0 Å². The van der Waals surface area contributed by atoms with E-state index in [0.717, 1.165) is 4.90 Å². The Morgan fingerprint density at radius 1 is 0.815 bits per heavy atom. The zero-order valence-corrected chi connectivity index (χ0v) is 16.2. The molecule has 27 heavy (non-hydrogen) atoms. The van der Waals surface area contributed by atoms with Gasteiger partial charge in [-0.2, -0.15) is 0 Å². The van der Waals surface area contributed by atoms with Gasteiger partial charge in [-0.25, -0.2) is 4.79 Å². The monoisotopic (exact) mass is 378 g/mol. The predicted octanol–water partition coefficient (Wildman–Crippen LogP) is 5.99. The van der Waals surface area contributed by atoms with Crippen molar-refractivity contribution in [3.05, 3.63) is 90.0 Å². The summed E-state index contributed by atoms with van der Waals surface area (Å²) in [6.45, 7) is 0.275. The Bertz CT molecular complexity index is 921. The molecule has 3 nitrogen and oxygen atoms in total. The molecule has 0 N–H and O–H groups in total. The molecule has 0 saturated heterocycles. The molecule has 1 aliphatic carbocycles. The lowest BCUT2D eigenvalue weighted by atomic mass is 9.98. The minimum atomic E-state index is -1.70. The zero-order chi connectivity index (χ0) is 18.9. The number of carbonyl (C=O) groups is 1. The molecule has 1 aliphatic rings. The highest BCUT2D eigenvalue weighted by Gasteiger charge is 2.30. The highest BCUT2D eigenvalue weighted by atomic mass is 32.3. The maximum atomic E-state index is 12.4. The SMILES string of the molecule is CS(C)(OC(=O)OCC1c2ccccc2-c2ccccc21)c1ccccc1. The van der Waals surface area contributed by atoms with Crippen molar-refractivity contribution in [1.82, 2.24) is 0 Å². The topological polar surface area (TPSA) is 35.5 Å². The van der Waals surface area contributed by atoms with E-state index in [1.54, 1.807) is 0 Å². The van der Waals surface area contributed by atoms with Crippen LogP contribution in [0.1, 0.15) is 17.0 Å². The first-order valence-corrected chi connectivity index (χ1v) is 11.3. The van der Waals surface area contributed by atoms with Crippen LogP contribution in [-0.4, -0.2) is 25.3 Å². The standard InChI is InChI=1S/C23H22O3S/c1-27(2,17-10-4-3-5-11-17)26-23(24)25-16-22-20-14-8-6-12-18(20)19-13-7-9-15-21(19)22/h3-15,22H,16H2,1-2H3. The number of ether oxygens (including phenoxy) is 1. The van der Waals surface area contributed by atoms with Crippen LogP contribution in [0, 0.1) is 0 Å². The number of benzene rings is 3. The first-order chi connectivity index (χ1) is 13.1. The third-order valence-electron chi connectivity index (χ3n) is 4.92. The Morgan fingerprint density at radius 2 is 1.33 bits per heavy atom. The second-order valence-electron chi connectivity index (χ2n) is 6.92. The van der Waals surface area contributed by atoms with E-state index in [1.165, 1.54) is 22.3 Å². The lowest BCUT2D eigenvalue weighted by Crippen LogP contribution is -2.15. The maximum Gasteiger partial charge on any atom is 0.519 e. The molecule has 0 unspecified atom stereocenters. The van der Waals surface area contributed by atoms with Gasteiger partial charge in [0, 0.05) is 23.3 Å². The molecule has 0 heterocycles. The van der Waals surface area contributed by atoms with Crippen molar-refractivity contribution in [2.75, 3.05) is 19.1 Å². The lowest BCUT2D eigenvalue weighted by Gasteiger charge is -2.30. The summed E-state index contributed by atoms with van der Waals surface area (Å²) in [5.74, 6) is 0.0415. The van der Waals surface area contributed by atoms with Gasteiger partial charge >= 0.3 is 6.16 Å². The minimum Gasteiger partial charge on any atom is -0.433 e. The van der Waals surface area contributed by atoms with E-state index >= 15 is 0 Å². The van der Waals surface area contributed by atoms with Gasteiger partial charge in [0.25, 0.3) is 0 Å². The molecular weight excluding hydrogens is 356 g/mol. The Morgan fingerprint density at radius 3 is 1.93 bits per heavy atom. The number of carbonyl (C=O) groups excluding carboxylic acids is 1. The summed E-state index contributed by atoms with van der Waals surface area (Å²) in [5.41, 5.74) is 4.82. The molecule has 0 fully saturated rings. The summed E-state index contributed by atoms with van der Waals surface area (Å²) in [7, 11) is -1.70. The molecular formula is C23H22O3S. The van der Waals surface area contributed by atoms with E-state index in [9.17, 15) is 4.79 Å². The fraction of sp³-hybridized carbons (Fsp3) is 0.174. The van der Waals surface area contributed by atoms with Gasteiger partial charge in [0.1, 0.15) is 6.61 Å². The average Bonchev–Trinajstić information content (AvgIpc) is 3.01. The predicted molar refractivity (Wildman–Crippen MR) is 110 cm³/mol. The molecule has 0 aromatic heterocycles. The Hall–Kier alpha value is -2.72. The maximum absolute atomic E-state index is 12.4. The third-order valence-corrected chi connectivity index (χ3v) is 6.88. The summed E-state index contributed by atoms with van der Waals surface area (Å²) < 4.78 is 11.2. The number of fused-ring (bicyclic) bond motifs is 3. The van der Waals surface area contributed by atoms with Crippen LogP contribution < -0.4 is 0 Å². The van der Waals surface area contributed by atoms with Crippen molar-refractivity contribution in [3.63, 3.8) is 0 Å². The summed E-state index contributed by atoms with van der Waals surface area (Å²) >= 11 is 0. The van der Waals surface area contributed by atoms with Crippen LogP contribution in [-0.2, 0) is 8.92 Å². The quantitative estimate of drug-likeness (QED) is 0.523. The molecule has 0 amide bonds. The van der Waals surface area contributed by atoms with Crippen molar-refractivity contribution in [2.45, 2.75) is 10.8 Å². The van der Waals surface area contributed by atoms with Crippen molar-refractivity contribution >= 4 is 16.5 Å². The highest BCUT2D eigenvalue weighted by Crippen LogP contribution is 2.50. The van der Waals surface area contributed by atoms with Crippen LogP contribution >= 0.6 is 10.3 Å². The second kappa shape index (κ2) is 7.12. The highest BCUT2D eigenvalue weighted by molar-refractivity contribution is 8.29. The summed E-state index contributed by atoms with van der Waals surface area (Å²) in [4.78, 5) is 13.4. The summed E-state index contributed by atoms with van der Waals surface area (Å²) in [6.07, 6.45) is 3.29. The lowest BCUT2D eigenvalue weighted by molar-refractivity contribution is 0.102. The smallest absolute Gasteiger partial charge is 0.433 e. The molecule has 0 atom stereocenters. The second-order valence-corrected chi connectivity index (χ2v) is 10.0. The molecule has 0 spiro atoms. The van der Waals surface area contributed by atoms with Crippen LogP contribution in [0.5, 0.6) is 0 Å². The third kappa shape index (κ3) is 3.45. The van der Waals surface area contributed by atoms with Gasteiger partial charge in [-0.05, 0) is 34.4 Å². The molecule has 0 aliphatic heterocycles. The van der Waals surface area contributed by atoms with Crippen molar-refractivity contribution in [3.8, 4) is 11.1 Å². The van der Waals surface area contributed by atoms with Gasteiger partial charge in [0.2, 0.25) is 0 Å². The number of hydrogen-bond acceptors (Lipinski definition) is 3. The summed E-state index contributed by atoms with van der Waals surface area (Å²) in [5, 5.41) is 0. The Kier molecular flexibility index (Phi) is 4.66. The van der Waals surface area contributed by atoms with Gasteiger partial charge in [-0.1, -0.05) is 77.0 Å². The van der Waals surface area contributed by atoms with E-state index in [0.29, 0.717) is 0 Å². The normalized spacial score (nSPS) is 13.6. The van der Waals surface area contributed by atoms with E-state index in [2.05, 4.69) is 24.3 Å². The van der Waals surface area contributed by atoms with Gasteiger partial charge in [-0.15, -0.1) is 0 Å². The molecule has 0 saturated carbocycles. The van der Waals surface area contributed by atoms with Gasteiger partial charge in [0.15, 0.2) is 0 Å². The minimum absolute atomic E-state index is 0.0415. The largest absolute Gasteiger partial charge is 0.519 e. The van der Waals surface area contributed by atoms with Gasteiger partial charge < -0.3 is 8.92 Å². The van der Waals surface area contributed by atoms with Crippen LogP contribution in [0.25, 0.3) is 11.1 Å². The van der Waals surface area contributed by atoms with E-state index in [-0.39, 0.29) is 12.5 Å². The molecule has 138 valence electrons. The molecule has 0 radical (unpaired) electrons. The molecule has 3 aromatic rings. The molecule has 4 rings (SSSR count). The van der Waals surface area contributed by atoms with Gasteiger partial charge in [-0.3, -0.25) is 0 Å². The number of rotatable bonds is 4. The van der Waals surface area contributed by atoms with E-state index < -0.39 is 16.5 Å². The van der Waals surface area contributed by atoms with Crippen LogP contribution in [0.15, 0.2) is 83.8 Å². The Balaban J connectivity index is 1.48. The van der Waals surface area contributed by atoms with Crippen molar-refractivity contribution < 1.29 is 13.7 Å². The number of hydrogen-bond donors (Lipinski definition) is 0. The Labute approximate surface area is 161 Å².